The second kappa shape index (κ2) is 28.0. The van der Waals surface area contributed by atoms with Crippen LogP contribution in [0.15, 0.2) is 140 Å². The lowest BCUT2D eigenvalue weighted by molar-refractivity contribution is -0.396. The first-order valence-corrected chi connectivity index (χ1v) is 31.4. The normalized spacial score (nSPS) is 16.7. The van der Waals surface area contributed by atoms with Crippen LogP contribution in [-0.4, -0.2) is 64.0 Å². The molecule has 0 saturated carbocycles. The van der Waals surface area contributed by atoms with Gasteiger partial charge in [0.2, 0.25) is 0 Å². The van der Waals surface area contributed by atoms with E-state index in [0.717, 1.165) is 39.1 Å². The number of benzene rings is 2. The van der Waals surface area contributed by atoms with Gasteiger partial charge < -0.3 is 18.4 Å². The Morgan fingerprint density at radius 2 is 1.24 bits per heavy atom. The quantitative estimate of drug-likeness (QED) is 0.0340. The minimum absolute atomic E-state index is 0.332. The monoisotopic (exact) mass is 1140 g/mol. The summed E-state index contributed by atoms with van der Waals surface area (Å²) in [6.07, 6.45) is 1.75. The van der Waals surface area contributed by atoms with E-state index in [-0.39, 0.29) is 5.63 Å². The molecule has 3 rings (SSSR count). The highest BCUT2D eigenvalue weighted by Crippen LogP contribution is 2.56. The Labute approximate surface area is 461 Å². The number of aliphatic hydroxyl groups excluding tert-OH is 1. The van der Waals surface area contributed by atoms with Crippen molar-refractivity contribution in [3.8, 4) is 0 Å². The van der Waals surface area contributed by atoms with E-state index >= 15 is 8.78 Å². The molecule has 5 nitrogen and oxygen atoms in total. The zero-order valence-corrected chi connectivity index (χ0v) is 50.8. The average molecular weight is 1140 g/mol. The topological polar surface area (TPSA) is 68.9 Å². The van der Waals surface area contributed by atoms with Gasteiger partial charge in [0.1, 0.15) is 5.76 Å². The van der Waals surface area contributed by atoms with Crippen LogP contribution in [0.3, 0.4) is 0 Å². The summed E-state index contributed by atoms with van der Waals surface area (Å²) < 4.78 is 149. The summed E-state index contributed by atoms with van der Waals surface area (Å²) in [7, 11) is -7.18. The van der Waals surface area contributed by atoms with E-state index in [2.05, 4.69) is 63.3 Å². The van der Waals surface area contributed by atoms with Gasteiger partial charge >= 0.3 is 29.6 Å². The highest BCUT2D eigenvalue weighted by atomic mass is 28.4. The molecule has 1 aromatic heterocycles. The molecule has 0 bridgehead atoms. The maximum absolute atomic E-state index is 15.5. The minimum Gasteiger partial charge on any atom is -0.427 e. The largest absolute Gasteiger partial charge is 0.460 e. The third-order valence-electron chi connectivity index (χ3n) is 15.5. The molecule has 0 amide bonds. The third kappa shape index (κ3) is 16.0. The number of aliphatic hydroxyl groups is 1. The van der Waals surface area contributed by atoms with E-state index in [0.29, 0.717) is 42.6 Å². The van der Waals surface area contributed by atoms with Crippen LogP contribution in [0.2, 0.25) is 22.2 Å². The first-order valence-electron chi connectivity index (χ1n) is 27.3. The molecular weight excluding hydrogens is 1050 g/mol. The number of hydrogen-bond acceptors (Lipinski definition) is 5. The van der Waals surface area contributed by atoms with Crippen molar-refractivity contribution >= 4 is 27.0 Å². The van der Waals surface area contributed by atoms with Gasteiger partial charge in [-0.2, -0.15) is 39.5 Å². The summed E-state index contributed by atoms with van der Waals surface area (Å²) in [6.45, 7) is 30.4. The lowest BCUT2D eigenvalue weighted by atomic mass is 9.91. The summed E-state index contributed by atoms with van der Waals surface area (Å²) >= 11 is 0. The summed E-state index contributed by atoms with van der Waals surface area (Å²) in [5.41, 5.74) is 3.60. The molecule has 78 heavy (non-hydrogen) atoms. The highest BCUT2D eigenvalue weighted by molar-refractivity contribution is 6.99. The summed E-state index contributed by atoms with van der Waals surface area (Å²) in [5.74, 6) is -20.0. The standard InChI is InChI=1S/C62H87F9O5Si2/c1-17-26-50-34-36-53(74-57(50)73)48(12)55(72)47(11)28-25-27-43(7)39-45(9)40-44(8)33-35-54(75-78(58(14,15)16,51-29-21-19-22-30-51)52-31-23-20-24-32-52)49(13)56(46(10)18-2)76-77(41(3)4,42(5)6)38-37-59(63,64)60(65,66)61(67,68)62(69,70)71/h18-24,27-34,36,40-42,48-49,54-56,72H,17,25-26,35,37-39H2,1-16H3/b43-27+,44-33+,45-40+,46-18+,47-28+/t48-,49+,54-,55-,56+/m0/s1. The molecule has 0 spiro atoms. The Bertz CT molecular complexity index is 2550. The molecule has 0 saturated heterocycles. The third-order valence-corrected chi connectivity index (χ3v) is 26.2. The number of alkyl halides is 9. The second-order valence-electron chi connectivity index (χ2n) is 23.1. The molecule has 3 aromatic rings. The lowest BCUT2D eigenvalue weighted by Crippen LogP contribution is -2.68. The van der Waals surface area contributed by atoms with Crippen LogP contribution in [0.5, 0.6) is 0 Å². The smallest absolute Gasteiger partial charge is 0.427 e. The van der Waals surface area contributed by atoms with Gasteiger partial charge in [0, 0.05) is 23.8 Å². The molecule has 2 aromatic carbocycles. The summed E-state index contributed by atoms with van der Waals surface area (Å²) in [5, 5.41) is 12.6. The predicted octanol–water partition coefficient (Wildman–Crippen LogP) is 17.6. The summed E-state index contributed by atoms with van der Waals surface area (Å²) in [4.78, 5) is 12.5. The van der Waals surface area contributed by atoms with Crippen molar-refractivity contribution in [2.24, 2.45) is 5.92 Å². The number of halogens is 9. The van der Waals surface area contributed by atoms with Gasteiger partial charge in [-0.25, -0.2) is 4.79 Å². The molecule has 0 aliphatic carbocycles. The van der Waals surface area contributed by atoms with E-state index in [9.17, 15) is 40.6 Å². The van der Waals surface area contributed by atoms with Gasteiger partial charge in [-0.15, -0.1) is 0 Å². The predicted molar refractivity (Wildman–Crippen MR) is 305 cm³/mol. The van der Waals surface area contributed by atoms with Crippen LogP contribution in [0.1, 0.15) is 160 Å². The molecule has 5 atom stereocenters. The molecule has 436 valence electrons. The van der Waals surface area contributed by atoms with E-state index < -0.39 is 99.3 Å². The maximum atomic E-state index is 15.5. The number of hydrogen-bond donors (Lipinski definition) is 1. The van der Waals surface area contributed by atoms with Crippen molar-refractivity contribution in [3.05, 3.63) is 153 Å². The zero-order valence-electron chi connectivity index (χ0n) is 48.8. The van der Waals surface area contributed by atoms with Crippen LogP contribution in [0.25, 0.3) is 0 Å². The molecule has 0 fully saturated rings. The van der Waals surface area contributed by atoms with Crippen LogP contribution >= 0.6 is 0 Å². The lowest BCUT2D eigenvalue weighted by Gasteiger charge is -2.49. The minimum atomic E-state index is -6.99. The van der Waals surface area contributed by atoms with Crippen LogP contribution < -0.4 is 16.0 Å². The van der Waals surface area contributed by atoms with E-state index in [4.69, 9.17) is 13.3 Å². The first-order chi connectivity index (χ1) is 36.0. The van der Waals surface area contributed by atoms with Crippen molar-refractivity contribution in [1.82, 2.24) is 0 Å². The molecule has 16 heteroatoms. The number of rotatable bonds is 28. The number of allylic oxidation sites excluding steroid dienone is 7. The molecule has 0 unspecified atom stereocenters. The fraction of sp³-hybridized carbons (Fsp3) is 0.565. The fourth-order valence-corrected chi connectivity index (χ4v) is 20.1. The van der Waals surface area contributed by atoms with Crippen molar-refractivity contribution in [3.63, 3.8) is 0 Å². The van der Waals surface area contributed by atoms with Gasteiger partial charge in [0.15, 0.2) is 8.32 Å². The van der Waals surface area contributed by atoms with Crippen molar-refractivity contribution in [1.29, 1.82) is 0 Å². The molecular formula is C62H87F9O5Si2. The number of aryl methyl sites for hydroxylation is 1. The van der Waals surface area contributed by atoms with Crippen LogP contribution in [-0.2, 0) is 15.3 Å². The van der Waals surface area contributed by atoms with Crippen LogP contribution in [0, 0.1) is 5.92 Å². The van der Waals surface area contributed by atoms with Gasteiger partial charge in [0.05, 0.1) is 18.3 Å². The Balaban J connectivity index is 2.14. The highest BCUT2D eigenvalue weighted by Gasteiger charge is 2.81. The Morgan fingerprint density at radius 1 is 0.705 bits per heavy atom. The van der Waals surface area contributed by atoms with E-state index in [1.54, 1.807) is 46.8 Å². The second-order valence-corrected chi connectivity index (χ2v) is 32.3. The summed E-state index contributed by atoms with van der Waals surface area (Å²) in [6, 6.07) is 22.6. The molecule has 0 radical (unpaired) electrons. The van der Waals surface area contributed by atoms with Crippen molar-refractivity contribution < 1.29 is 57.9 Å². The Morgan fingerprint density at radius 3 is 1.71 bits per heavy atom. The van der Waals surface area contributed by atoms with E-state index in [1.165, 1.54) is 0 Å². The van der Waals surface area contributed by atoms with E-state index in [1.807, 2.05) is 104 Å². The maximum Gasteiger partial charge on any atom is 0.460 e. The fourth-order valence-electron chi connectivity index (χ4n) is 10.6. The molecule has 0 aliphatic heterocycles. The molecule has 1 N–H and O–H groups in total. The van der Waals surface area contributed by atoms with Gasteiger partial charge in [-0.3, -0.25) is 0 Å². The van der Waals surface area contributed by atoms with Gasteiger partial charge in [-0.1, -0.05) is 183 Å². The molecule has 1 heterocycles. The van der Waals surface area contributed by atoms with Crippen molar-refractivity contribution in [2.45, 2.75) is 220 Å². The van der Waals surface area contributed by atoms with Gasteiger partial charge in [0.25, 0.3) is 8.32 Å². The average Bonchev–Trinajstić information content (AvgIpc) is 3.36. The SMILES string of the molecule is C/C=C(\C)[C@@H](O[Si](CCC(F)(F)C(F)(F)C(F)(F)C(F)(F)F)(C(C)C)C(C)C)[C@H](C)[C@H](C/C=C(C)/C=C(\C)C/C(C)=C/C/C=C(\C)[C@H](O)[C@@H](C)c1ccc(CCC)c(=O)o1)O[Si](c1ccccc1)(c1ccccc1)C(C)(C)C. The molecule has 0 aliphatic rings. The zero-order chi connectivity index (χ0) is 59.4. The van der Waals surface area contributed by atoms with Crippen LogP contribution in [0.4, 0.5) is 39.5 Å². The van der Waals surface area contributed by atoms with Gasteiger partial charge in [-0.05, 0) is 123 Å². The van der Waals surface area contributed by atoms with Crippen molar-refractivity contribution in [2.75, 3.05) is 0 Å². The Hall–Kier alpha value is -4.23. The first kappa shape index (κ1) is 68.0. The Kier molecular flexibility index (Phi) is 24.4.